The number of benzene rings is 2. The molecule has 1 N–H and O–H groups in total. The molecule has 24 heavy (non-hydrogen) atoms. The first kappa shape index (κ1) is 16.7. The van der Waals surface area contributed by atoms with E-state index in [9.17, 15) is 9.90 Å². The van der Waals surface area contributed by atoms with Crippen LogP contribution in [0.3, 0.4) is 0 Å². The molecule has 5 heteroatoms. The third-order valence-corrected chi connectivity index (χ3v) is 4.01. The minimum atomic E-state index is -0.931. The Labute approximate surface area is 145 Å². The second kappa shape index (κ2) is 6.04. The van der Waals surface area contributed by atoms with Crippen LogP contribution in [-0.2, 0) is 6.54 Å². The molecule has 0 unspecified atom stereocenters. The average molecular weight is 343 g/mol. The van der Waals surface area contributed by atoms with Gasteiger partial charge in [-0.25, -0.2) is 0 Å². The van der Waals surface area contributed by atoms with Crippen molar-refractivity contribution < 1.29 is 9.90 Å². The van der Waals surface area contributed by atoms with Gasteiger partial charge in [0.25, 0.3) is 0 Å². The zero-order chi connectivity index (χ0) is 17.5. The molecule has 0 saturated carbocycles. The Balaban J connectivity index is 2.20. The molecule has 0 spiro atoms. The van der Waals surface area contributed by atoms with Crippen molar-refractivity contribution in [1.29, 1.82) is 0 Å². The zero-order valence-electron chi connectivity index (χ0n) is 13.9. The summed E-state index contributed by atoms with van der Waals surface area (Å²) in [5.41, 5.74) is 2.28. The fourth-order valence-electron chi connectivity index (χ4n) is 2.77. The number of aliphatic hydroxyl groups is 1. The first-order chi connectivity index (χ1) is 11.2. The van der Waals surface area contributed by atoms with Crippen LogP contribution in [0.1, 0.15) is 31.3 Å². The maximum Gasteiger partial charge on any atom is 0.180 e. The summed E-state index contributed by atoms with van der Waals surface area (Å²) < 4.78 is 1.69. The Morgan fingerprint density at radius 1 is 1.21 bits per heavy atom. The molecule has 2 aromatic carbocycles. The van der Waals surface area contributed by atoms with E-state index in [2.05, 4.69) is 5.10 Å². The van der Waals surface area contributed by atoms with E-state index in [1.54, 1.807) is 18.5 Å². The highest BCUT2D eigenvalue weighted by Crippen LogP contribution is 2.29. The lowest BCUT2D eigenvalue weighted by Gasteiger charge is -2.17. The molecule has 0 radical (unpaired) electrons. The molecule has 1 aromatic heterocycles. The van der Waals surface area contributed by atoms with Crippen LogP contribution in [0.5, 0.6) is 0 Å². The Morgan fingerprint density at radius 3 is 2.54 bits per heavy atom. The van der Waals surface area contributed by atoms with Crippen molar-refractivity contribution in [2.45, 2.75) is 32.9 Å². The molecule has 3 aromatic rings. The molecule has 0 saturated heterocycles. The maximum absolute atomic E-state index is 11.9. The SMILES string of the molecule is CC(=O)c1nn(CC(C)(C)O)c2cc(-c3cccc(Cl)c3)ccc12. The van der Waals surface area contributed by atoms with Crippen molar-refractivity contribution in [2.24, 2.45) is 0 Å². The number of Topliss-reactive ketones (excluding diaryl/α,β-unsaturated/α-hetero) is 1. The van der Waals surface area contributed by atoms with Gasteiger partial charge in [-0.15, -0.1) is 0 Å². The second-order valence-corrected chi connectivity index (χ2v) is 7.05. The number of carbonyl (C=O) groups excluding carboxylic acids is 1. The van der Waals surface area contributed by atoms with Gasteiger partial charge in [0.2, 0.25) is 0 Å². The van der Waals surface area contributed by atoms with Crippen LogP contribution in [0.2, 0.25) is 5.02 Å². The quantitative estimate of drug-likeness (QED) is 0.718. The minimum Gasteiger partial charge on any atom is -0.389 e. The summed E-state index contributed by atoms with van der Waals surface area (Å²) in [4.78, 5) is 11.9. The lowest BCUT2D eigenvalue weighted by atomic mass is 10.0. The van der Waals surface area contributed by atoms with Gasteiger partial charge in [0, 0.05) is 17.3 Å². The van der Waals surface area contributed by atoms with Crippen LogP contribution >= 0.6 is 11.6 Å². The monoisotopic (exact) mass is 342 g/mol. The molecule has 0 bridgehead atoms. The molecule has 124 valence electrons. The predicted molar refractivity (Wildman–Crippen MR) is 96.5 cm³/mol. The zero-order valence-corrected chi connectivity index (χ0v) is 14.6. The van der Waals surface area contributed by atoms with Crippen LogP contribution in [0.4, 0.5) is 0 Å². The highest BCUT2D eigenvalue weighted by Gasteiger charge is 2.20. The summed E-state index contributed by atoms with van der Waals surface area (Å²) in [6, 6.07) is 13.4. The van der Waals surface area contributed by atoms with Crippen LogP contribution in [0.15, 0.2) is 42.5 Å². The third-order valence-electron chi connectivity index (χ3n) is 3.78. The topological polar surface area (TPSA) is 55.1 Å². The molecule has 0 fully saturated rings. The predicted octanol–water partition coefficient (Wildman–Crippen LogP) is 4.33. The van der Waals surface area contributed by atoms with Crippen molar-refractivity contribution in [1.82, 2.24) is 9.78 Å². The van der Waals surface area contributed by atoms with Gasteiger partial charge < -0.3 is 5.11 Å². The van der Waals surface area contributed by atoms with Crippen molar-refractivity contribution in [3.63, 3.8) is 0 Å². The van der Waals surface area contributed by atoms with Gasteiger partial charge in [-0.05, 0) is 49.2 Å². The number of ketones is 1. The number of halogens is 1. The number of carbonyl (C=O) groups is 1. The summed E-state index contributed by atoms with van der Waals surface area (Å²) in [5, 5.41) is 16.0. The van der Waals surface area contributed by atoms with Gasteiger partial charge in [0.15, 0.2) is 5.78 Å². The summed E-state index contributed by atoms with van der Waals surface area (Å²) in [7, 11) is 0. The normalized spacial score (nSPS) is 11.9. The minimum absolute atomic E-state index is 0.0926. The highest BCUT2D eigenvalue weighted by atomic mass is 35.5. The largest absolute Gasteiger partial charge is 0.389 e. The first-order valence-electron chi connectivity index (χ1n) is 7.74. The van der Waals surface area contributed by atoms with E-state index in [1.807, 2.05) is 42.5 Å². The summed E-state index contributed by atoms with van der Waals surface area (Å²) >= 11 is 6.08. The van der Waals surface area contributed by atoms with Crippen LogP contribution in [0.25, 0.3) is 22.0 Å². The Bertz CT molecular complexity index is 923. The van der Waals surface area contributed by atoms with E-state index in [0.29, 0.717) is 17.3 Å². The van der Waals surface area contributed by atoms with Crippen molar-refractivity contribution in [3.05, 3.63) is 53.2 Å². The lowest BCUT2D eigenvalue weighted by Crippen LogP contribution is -2.26. The summed E-state index contributed by atoms with van der Waals surface area (Å²) in [6.07, 6.45) is 0. The van der Waals surface area contributed by atoms with E-state index in [0.717, 1.165) is 22.0 Å². The van der Waals surface area contributed by atoms with E-state index in [4.69, 9.17) is 11.6 Å². The fraction of sp³-hybridized carbons (Fsp3) is 0.263. The molecule has 4 nitrogen and oxygen atoms in total. The molecular formula is C19H19ClN2O2. The molecule has 1 heterocycles. The molecule has 0 amide bonds. The Hall–Kier alpha value is -2.17. The van der Waals surface area contributed by atoms with Gasteiger partial charge >= 0.3 is 0 Å². The molecule has 0 atom stereocenters. The van der Waals surface area contributed by atoms with Gasteiger partial charge in [0.1, 0.15) is 5.69 Å². The standard InChI is InChI=1S/C19H19ClN2O2/c1-12(23)18-16-8-7-14(13-5-4-6-15(20)9-13)10-17(16)22(21-18)11-19(2,3)24/h4-10,24H,11H2,1-3H3. The Kier molecular flexibility index (Phi) is 4.20. The Morgan fingerprint density at radius 2 is 1.92 bits per heavy atom. The number of hydrogen-bond acceptors (Lipinski definition) is 3. The van der Waals surface area contributed by atoms with Crippen LogP contribution in [-0.4, -0.2) is 26.3 Å². The smallest absolute Gasteiger partial charge is 0.180 e. The van der Waals surface area contributed by atoms with E-state index in [-0.39, 0.29) is 5.78 Å². The van der Waals surface area contributed by atoms with E-state index < -0.39 is 5.60 Å². The van der Waals surface area contributed by atoms with Crippen LogP contribution in [0, 0.1) is 0 Å². The summed E-state index contributed by atoms with van der Waals surface area (Å²) in [5.74, 6) is -0.0926. The molecule has 0 aliphatic rings. The number of aromatic nitrogens is 2. The molecule has 0 aliphatic heterocycles. The van der Waals surface area contributed by atoms with E-state index >= 15 is 0 Å². The lowest BCUT2D eigenvalue weighted by molar-refractivity contribution is 0.0588. The first-order valence-corrected chi connectivity index (χ1v) is 8.12. The summed E-state index contributed by atoms with van der Waals surface area (Å²) in [6.45, 7) is 5.24. The van der Waals surface area contributed by atoms with Gasteiger partial charge in [-0.2, -0.15) is 5.10 Å². The second-order valence-electron chi connectivity index (χ2n) is 6.62. The van der Waals surface area contributed by atoms with E-state index in [1.165, 1.54) is 6.92 Å². The van der Waals surface area contributed by atoms with Crippen molar-refractivity contribution in [3.8, 4) is 11.1 Å². The number of rotatable bonds is 4. The van der Waals surface area contributed by atoms with Gasteiger partial charge in [-0.3, -0.25) is 9.48 Å². The number of nitrogens with zero attached hydrogens (tertiary/aromatic N) is 2. The highest BCUT2D eigenvalue weighted by molar-refractivity contribution is 6.30. The van der Waals surface area contributed by atoms with Gasteiger partial charge in [0.05, 0.1) is 17.7 Å². The molecule has 0 aliphatic carbocycles. The molecular weight excluding hydrogens is 324 g/mol. The number of hydrogen-bond donors (Lipinski definition) is 1. The van der Waals surface area contributed by atoms with Gasteiger partial charge in [-0.1, -0.05) is 29.8 Å². The van der Waals surface area contributed by atoms with Crippen molar-refractivity contribution in [2.75, 3.05) is 0 Å². The fourth-order valence-corrected chi connectivity index (χ4v) is 2.96. The van der Waals surface area contributed by atoms with Crippen molar-refractivity contribution >= 4 is 28.3 Å². The molecule has 3 rings (SSSR count). The number of fused-ring (bicyclic) bond motifs is 1. The average Bonchev–Trinajstić information content (AvgIpc) is 2.84. The third kappa shape index (κ3) is 3.35. The van der Waals surface area contributed by atoms with Crippen LogP contribution < -0.4 is 0 Å². The maximum atomic E-state index is 11.9.